The van der Waals surface area contributed by atoms with Gasteiger partial charge in [-0.05, 0) is 24.6 Å². The first-order valence-corrected chi connectivity index (χ1v) is 5.07. The highest BCUT2D eigenvalue weighted by Gasteiger charge is 2.07. The Balaban J connectivity index is 2.18. The average Bonchev–Trinajstić information content (AvgIpc) is 2.34. The Morgan fingerprint density at radius 1 is 1.28 bits per heavy atom. The Morgan fingerprint density at radius 3 is 2.61 bits per heavy atom. The molecule has 1 aromatic carbocycles. The molecule has 0 saturated carbocycles. The van der Waals surface area contributed by atoms with E-state index in [0.717, 1.165) is 0 Å². The lowest BCUT2D eigenvalue weighted by molar-refractivity contribution is 0.0689. The quantitative estimate of drug-likeness (QED) is 0.902. The number of hydrogen-bond donors (Lipinski definition) is 1. The molecule has 0 atom stereocenters. The highest BCUT2D eigenvalue weighted by Crippen LogP contribution is 2.21. The Kier molecular flexibility index (Phi) is 3.18. The number of ether oxygens (including phenoxy) is 1. The van der Waals surface area contributed by atoms with E-state index in [0.29, 0.717) is 5.56 Å². The van der Waals surface area contributed by atoms with Crippen molar-refractivity contribution in [3.63, 3.8) is 0 Å². The highest BCUT2D eigenvalue weighted by molar-refractivity contribution is 5.84. The summed E-state index contributed by atoms with van der Waals surface area (Å²) >= 11 is 0. The Hall–Kier alpha value is -2.50. The van der Waals surface area contributed by atoms with Crippen molar-refractivity contribution < 1.29 is 19.0 Å². The van der Waals surface area contributed by atoms with Crippen LogP contribution in [0.1, 0.15) is 16.1 Å². The van der Waals surface area contributed by atoms with Crippen molar-refractivity contribution in [3.05, 3.63) is 47.4 Å². The van der Waals surface area contributed by atoms with Crippen molar-refractivity contribution in [1.82, 2.24) is 10.2 Å². The largest absolute Gasteiger partial charge is 0.476 e. The van der Waals surface area contributed by atoms with Gasteiger partial charge in [-0.3, -0.25) is 0 Å². The summed E-state index contributed by atoms with van der Waals surface area (Å²) in [7, 11) is 0. The monoisotopic (exact) mass is 248 g/mol. The van der Waals surface area contributed by atoms with Crippen molar-refractivity contribution in [2.75, 3.05) is 0 Å². The van der Waals surface area contributed by atoms with Crippen LogP contribution >= 0.6 is 0 Å². The Morgan fingerprint density at radius 2 is 2.06 bits per heavy atom. The number of aromatic carboxylic acids is 1. The molecule has 6 heteroatoms. The lowest BCUT2D eigenvalue weighted by Crippen LogP contribution is -2.02. The van der Waals surface area contributed by atoms with Crippen LogP contribution in [-0.4, -0.2) is 21.3 Å². The molecule has 2 aromatic rings. The van der Waals surface area contributed by atoms with E-state index in [1.807, 2.05) is 0 Å². The zero-order chi connectivity index (χ0) is 13.1. The van der Waals surface area contributed by atoms with E-state index >= 15 is 0 Å². The highest BCUT2D eigenvalue weighted by atomic mass is 19.1. The summed E-state index contributed by atoms with van der Waals surface area (Å²) in [5.74, 6) is -1.18. The molecule has 92 valence electrons. The van der Waals surface area contributed by atoms with Crippen LogP contribution in [0.2, 0.25) is 0 Å². The number of rotatable bonds is 3. The van der Waals surface area contributed by atoms with E-state index in [1.165, 1.54) is 18.2 Å². The minimum atomic E-state index is -1.17. The number of aryl methyl sites for hydroxylation is 1. The Labute approximate surface area is 102 Å². The van der Waals surface area contributed by atoms with Crippen molar-refractivity contribution in [1.29, 1.82) is 0 Å². The van der Waals surface area contributed by atoms with Crippen molar-refractivity contribution >= 4 is 5.97 Å². The first-order chi connectivity index (χ1) is 8.56. The van der Waals surface area contributed by atoms with Gasteiger partial charge in [-0.25, -0.2) is 9.18 Å². The molecule has 2 rings (SSSR count). The van der Waals surface area contributed by atoms with E-state index in [1.54, 1.807) is 19.1 Å². The summed E-state index contributed by atoms with van der Waals surface area (Å²) in [6, 6.07) is 7.00. The molecule has 0 spiro atoms. The summed E-state index contributed by atoms with van der Waals surface area (Å²) < 4.78 is 18.5. The van der Waals surface area contributed by atoms with E-state index in [4.69, 9.17) is 9.84 Å². The summed E-state index contributed by atoms with van der Waals surface area (Å²) in [6.45, 7) is 1.64. The fourth-order valence-corrected chi connectivity index (χ4v) is 1.25. The van der Waals surface area contributed by atoms with Crippen molar-refractivity contribution in [2.24, 2.45) is 0 Å². The molecular formula is C12H9FN2O3. The van der Waals surface area contributed by atoms with Crippen molar-refractivity contribution in [3.8, 4) is 11.6 Å². The first kappa shape index (κ1) is 12.0. The third-order valence-corrected chi connectivity index (χ3v) is 2.22. The molecule has 0 aliphatic rings. The second-order valence-corrected chi connectivity index (χ2v) is 3.58. The number of halogens is 1. The van der Waals surface area contributed by atoms with E-state index in [9.17, 15) is 9.18 Å². The molecule has 1 heterocycles. The molecule has 18 heavy (non-hydrogen) atoms. The van der Waals surface area contributed by atoms with Gasteiger partial charge in [-0.15, -0.1) is 10.2 Å². The van der Waals surface area contributed by atoms with Crippen LogP contribution in [-0.2, 0) is 0 Å². The molecule has 0 aliphatic carbocycles. The fraction of sp³-hybridized carbons (Fsp3) is 0.0833. The summed E-state index contributed by atoms with van der Waals surface area (Å²) in [6.07, 6.45) is 0. The lowest BCUT2D eigenvalue weighted by Gasteiger charge is -2.05. The van der Waals surface area contributed by atoms with Gasteiger partial charge in [0.05, 0.1) is 0 Å². The van der Waals surface area contributed by atoms with Gasteiger partial charge in [0.25, 0.3) is 0 Å². The van der Waals surface area contributed by atoms with Crippen LogP contribution in [0, 0.1) is 12.7 Å². The third-order valence-electron chi connectivity index (χ3n) is 2.22. The maximum Gasteiger partial charge on any atom is 0.356 e. The van der Waals surface area contributed by atoms with Crippen LogP contribution < -0.4 is 4.74 Å². The second kappa shape index (κ2) is 4.79. The summed E-state index contributed by atoms with van der Waals surface area (Å²) in [5.41, 5.74) is 0.326. The normalized spacial score (nSPS) is 10.1. The topological polar surface area (TPSA) is 72.3 Å². The zero-order valence-corrected chi connectivity index (χ0v) is 9.42. The average molecular weight is 248 g/mol. The Bertz CT molecular complexity index is 584. The molecule has 0 fully saturated rings. The van der Waals surface area contributed by atoms with E-state index < -0.39 is 5.97 Å². The molecule has 1 N–H and O–H groups in total. The SMILES string of the molecule is Cc1ccc(Oc2ccc(C(=O)O)nn2)cc1F. The van der Waals surface area contributed by atoms with Gasteiger partial charge in [0.1, 0.15) is 11.6 Å². The number of aromatic nitrogens is 2. The van der Waals surface area contributed by atoms with Gasteiger partial charge >= 0.3 is 5.97 Å². The van der Waals surface area contributed by atoms with Gasteiger partial charge in [0, 0.05) is 12.1 Å². The maximum absolute atomic E-state index is 13.3. The molecule has 1 aromatic heterocycles. The van der Waals surface area contributed by atoms with Crippen LogP contribution in [0.3, 0.4) is 0 Å². The zero-order valence-electron chi connectivity index (χ0n) is 9.42. The lowest BCUT2D eigenvalue weighted by atomic mass is 10.2. The predicted molar refractivity (Wildman–Crippen MR) is 60.2 cm³/mol. The smallest absolute Gasteiger partial charge is 0.356 e. The third kappa shape index (κ3) is 2.60. The van der Waals surface area contributed by atoms with Gasteiger partial charge in [-0.2, -0.15) is 0 Å². The van der Waals surface area contributed by atoms with Crippen LogP contribution in [0.25, 0.3) is 0 Å². The van der Waals surface area contributed by atoms with Crippen LogP contribution in [0.4, 0.5) is 4.39 Å². The predicted octanol–water partition coefficient (Wildman–Crippen LogP) is 2.41. The molecule has 5 nitrogen and oxygen atoms in total. The second-order valence-electron chi connectivity index (χ2n) is 3.58. The number of nitrogens with zero attached hydrogens (tertiary/aromatic N) is 2. The van der Waals surface area contributed by atoms with E-state index in [2.05, 4.69) is 10.2 Å². The minimum Gasteiger partial charge on any atom is -0.476 e. The summed E-state index contributed by atoms with van der Waals surface area (Å²) in [4.78, 5) is 10.6. The van der Waals surface area contributed by atoms with Crippen molar-refractivity contribution in [2.45, 2.75) is 6.92 Å². The minimum absolute atomic E-state index is 0.100. The maximum atomic E-state index is 13.3. The number of carbonyl (C=O) groups is 1. The van der Waals surface area contributed by atoms with Gasteiger partial charge in [0.2, 0.25) is 5.88 Å². The molecule has 0 amide bonds. The van der Waals surface area contributed by atoms with Crippen LogP contribution in [0.5, 0.6) is 11.6 Å². The molecular weight excluding hydrogens is 239 g/mol. The standard InChI is InChI=1S/C12H9FN2O3/c1-7-2-3-8(6-9(7)13)18-11-5-4-10(12(16)17)14-15-11/h2-6H,1H3,(H,16,17). The molecule has 0 saturated heterocycles. The molecule has 0 aliphatic heterocycles. The number of hydrogen-bond acceptors (Lipinski definition) is 4. The number of carboxylic acid groups (broad SMARTS) is 1. The van der Waals surface area contributed by atoms with Gasteiger partial charge in [0.15, 0.2) is 5.69 Å². The molecule has 0 unspecified atom stereocenters. The summed E-state index contributed by atoms with van der Waals surface area (Å²) in [5, 5.41) is 15.7. The van der Waals surface area contributed by atoms with Gasteiger partial charge < -0.3 is 9.84 Å². The van der Waals surface area contributed by atoms with Gasteiger partial charge in [-0.1, -0.05) is 6.07 Å². The fourth-order valence-electron chi connectivity index (χ4n) is 1.25. The molecule has 0 bridgehead atoms. The van der Waals surface area contributed by atoms with Crippen LogP contribution in [0.15, 0.2) is 30.3 Å². The van der Waals surface area contributed by atoms with E-state index in [-0.39, 0.29) is 23.1 Å². The first-order valence-electron chi connectivity index (χ1n) is 5.07. The number of benzene rings is 1. The molecule has 0 radical (unpaired) electrons. The number of carboxylic acids is 1.